The van der Waals surface area contributed by atoms with Gasteiger partial charge < -0.3 is 0 Å². The fourth-order valence-electron chi connectivity index (χ4n) is 2.52. The fourth-order valence-corrected chi connectivity index (χ4v) is 3.50. The van der Waals surface area contributed by atoms with E-state index in [1.165, 1.54) is 17.8 Å². The van der Waals surface area contributed by atoms with Gasteiger partial charge >= 0.3 is 0 Å². The highest BCUT2D eigenvalue weighted by Gasteiger charge is 2.40. The Hall–Kier alpha value is -2.18. The van der Waals surface area contributed by atoms with E-state index in [4.69, 9.17) is 11.6 Å². The Balaban J connectivity index is 2.09. The first-order chi connectivity index (χ1) is 11.9. The second-order valence-electron chi connectivity index (χ2n) is 5.19. The number of benzene rings is 2. The average molecular weight is 380 g/mol. The number of halogens is 3. The summed E-state index contributed by atoms with van der Waals surface area (Å²) in [5, 5.41) is 0.503. The van der Waals surface area contributed by atoms with Crippen LogP contribution in [0.2, 0.25) is 5.02 Å². The molecule has 0 radical (unpaired) electrons. The second kappa shape index (κ2) is 6.98. The molecule has 25 heavy (non-hydrogen) atoms. The van der Waals surface area contributed by atoms with Gasteiger partial charge in [-0.05, 0) is 35.6 Å². The molecule has 0 aromatic heterocycles. The van der Waals surface area contributed by atoms with Gasteiger partial charge in [0.25, 0.3) is 11.8 Å². The van der Waals surface area contributed by atoms with E-state index in [-0.39, 0.29) is 16.2 Å². The van der Waals surface area contributed by atoms with Crippen LogP contribution in [0.5, 0.6) is 0 Å². The van der Waals surface area contributed by atoms with Crippen LogP contribution in [-0.4, -0.2) is 17.6 Å². The van der Waals surface area contributed by atoms with Crippen molar-refractivity contribution in [3.63, 3.8) is 0 Å². The lowest BCUT2D eigenvalue weighted by atomic mass is 10.1. The topological polar surface area (TPSA) is 37.4 Å². The number of imide groups is 1. The summed E-state index contributed by atoms with van der Waals surface area (Å²) in [7, 11) is 0. The van der Waals surface area contributed by atoms with Crippen LogP contribution >= 0.6 is 23.4 Å². The number of nitrogens with zero attached hydrogens (tertiary/aromatic N) is 1. The number of thioether (sulfide) groups is 1. The Morgan fingerprint density at radius 1 is 1.00 bits per heavy atom. The van der Waals surface area contributed by atoms with E-state index in [0.29, 0.717) is 16.3 Å². The SMILES string of the molecule is CCSC1=C(c2ccc(Cl)cc2)C(=O)N(c2ccc(F)c(F)c2)C1=O. The van der Waals surface area contributed by atoms with Gasteiger partial charge in [-0.2, -0.15) is 0 Å². The van der Waals surface area contributed by atoms with E-state index in [0.717, 1.165) is 17.0 Å². The second-order valence-corrected chi connectivity index (χ2v) is 6.90. The van der Waals surface area contributed by atoms with Gasteiger partial charge in [0, 0.05) is 11.1 Å². The van der Waals surface area contributed by atoms with E-state index in [1.54, 1.807) is 24.3 Å². The van der Waals surface area contributed by atoms with E-state index < -0.39 is 23.4 Å². The van der Waals surface area contributed by atoms with Crippen LogP contribution in [0.1, 0.15) is 12.5 Å². The monoisotopic (exact) mass is 379 g/mol. The van der Waals surface area contributed by atoms with Crippen molar-refractivity contribution in [1.82, 2.24) is 0 Å². The average Bonchev–Trinajstić information content (AvgIpc) is 2.82. The van der Waals surface area contributed by atoms with E-state index in [2.05, 4.69) is 0 Å². The molecule has 0 saturated carbocycles. The first-order valence-corrected chi connectivity index (χ1v) is 8.77. The van der Waals surface area contributed by atoms with Gasteiger partial charge in [0.15, 0.2) is 11.6 Å². The van der Waals surface area contributed by atoms with Crippen molar-refractivity contribution in [3.8, 4) is 0 Å². The van der Waals surface area contributed by atoms with Gasteiger partial charge in [-0.25, -0.2) is 13.7 Å². The lowest BCUT2D eigenvalue weighted by Crippen LogP contribution is -2.31. The summed E-state index contributed by atoms with van der Waals surface area (Å²) in [6.07, 6.45) is 0. The molecule has 128 valence electrons. The Morgan fingerprint density at radius 3 is 2.28 bits per heavy atom. The van der Waals surface area contributed by atoms with Crippen molar-refractivity contribution >= 4 is 46.4 Å². The van der Waals surface area contributed by atoms with Crippen molar-refractivity contribution in [2.24, 2.45) is 0 Å². The highest BCUT2D eigenvalue weighted by atomic mass is 35.5. The Kier molecular flexibility index (Phi) is 4.92. The summed E-state index contributed by atoms with van der Waals surface area (Å²) in [6, 6.07) is 9.46. The lowest BCUT2D eigenvalue weighted by Gasteiger charge is -2.15. The molecule has 2 amide bonds. The van der Waals surface area contributed by atoms with Crippen LogP contribution in [0.15, 0.2) is 47.4 Å². The molecule has 0 saturated heterocycles. The Labute approximate surface area is 152 Å². The molecular weight excluding hydrogens is 368 g/mol. The summed E-state index contributed by atoms with van der Waals surface area (Å²) in [4.78, 5) is 26.7. The maximum atomic E-state index is 13.5. The highest BCUT2D eigenvalue weighted by molar-refractivity contribution is 8.04. The lowest BCUT2D eigenvalue weighted by molar-refractivity contribution is -0.119. The van der Waals surface area contributed by atoms with Gasteiger partial charge in [0.1, 0.15) is 0 Å². The Bertz CT molecular complexity index is 896. The normalized spacial score (nSPS) is 14.6. The van der Waals surface area contributed by atoms with Crippen LogP contribution < -0.4 is 4.90 Å². The van der Waals surface area contributed by atoms with Crippen molar-refractivity contribution < 1.29 is 18.4 Å². The largest absolute Gasteiger partial charge is 0.272 e. The van der Waals surface area contributed by atoms with Gasteiger partial charge in [-0.15, -0.1) is 11.8 Å². The molecule has 3 nitrogen and oxygen atoms in total. The molecule has 0 unspecified atom stereocenters. The molecule has 0 spiro atoms. The van der Waals surface area contributed by atoms with Crippen molar-refractivity contribution in [1.29, 1.82) is 0 Å². The minimum Gasteiger partial charge on any atom is -0.268 e. The molecule has 0 atom stereocenters. The molecule has 1 heterocycles. The molecule has 1 aliphatic rings. The maximum absolute atomic E-state index is 13.5. The van der Waals surface area contributed by atoms with Crippen LogP contribution in [0, 0.1) is 11.6 Å². The third-order valence-electron chi connectivity index (χ3n) is 3.62. The third-order valence-corrected chi connectivity index (χ3v) is 4.83. The summed E-state index contributed by atoms with van der Waals surface area (Å²) >= 11 is 7.11. The van der Waals surface area contributed by atoms with Gasteiger partial charge in [-0.1, -0.05) is 30.7 Å². The van der Waals surface area contributed by atoms with Crippen molar-refractivity contribution in [2.75, 3.05) is 10.7 Å². The minimum absolute atomic E-state index is 0.00735. The van der Waals surface area contributed by atoms with Crippen LogP contribution in [-0.2, 0) is 9.59 Å². The minimum atomic E-state index is -1.12. The van der Waals surface area contributed by atoms with Crippen LogP contribution in [0.4, 0.5) is 14.5 Å². The van der Waals surface area contributed by atoms with Crippen molar-refractivity contribution in [3.05, 3.63) is 69.6 Å². The van der Waals surface area contributed by atoms with Crippen LogP contribution in [0.3, 0.4) is 0 Å². The number of hydrogen-bond acceptors (Lipinski definition) is 3. The standard InChI is InChI=1S/C18H12ClF2NO2S/c1-2-25-16-15(10-3-5-11(19)6-4-10)17(23)22(18(16)24)12-7-8-13(20)14(21)9-12/h3-9H,2H2,1H3. The third kappa shape index (κ3) is 3.19. The number of amides is 2. The summed E-state index contributed by atoms with van der Waals surface area (Å²) in [6.45, 7) is 1.86. The number of rotatable bonds is 4. The number of hydrogen-bond donors (Lipinski definition) is 0. The Morgan fingerprint density at radius 2 is 1.68 bits per heavy atom. The van der Waals surface area contributed by atoms with Gasteiger partial charge in [-0.3, -0.25) is 9.59 Å². The smallest absolute Gasteiger partial charge is 0.268 e. The molecule has 1 aliphatic heterocycles. The molecule has 2 aromatic carbocycles. The van der Waals surface area contributed by atoms with Gasteiger partial charge in [0.2, 0.25) is 0 Å². The first kappa shape index (κ1) is 17.6. The van der Waals surface area contributed by atoms with E-state index in [1.807, 2.05) is 6.92 Å². The van der Waals surface area contributed by atoms with Crippen molar-refractivity contribution in [2.45, 2.75) is 6.92 Å². The molecule has 0 N–H and O–H groups in total. The summed E-state index contributed by atoms with van der Waals surface area (Å²) in [5.74, 6) is -2.71. The molecule has 3 rings (SSSR count). The zero-order valence-corrected chi connectivity index (χ0v) is 14.6. The van der Waals surface area contributed by atoms with E-state index in [9.17, 15) is 18.4 Å². The zero-order valence-electron chi connectivity index (χ0n) is 13.1. The molecular formula is C18H12ClF2NO2S. The molecule has 0 bridgehead atoms. The van der Waals surface area contributed by atoms with Gasteiger partial charge in [0.05, 0.1) is 16.2 Å². The zero-order chi connectivity index (χ0) is 18.1. The molecule has 7 heteroatoms. The highest BCUT2D eigenvalue weighted by Crippen LogP contribution is 2.38. The fraction of sp³-hybridized carbons (Fsp3) is 0.111. The number of carbonyl (C=O) groups is 2. The molecule has 0 aliphatic carbocycles. The first-order valence-electron chi connectivity index (χ1n) is 7.41. The quantitative estimate of drug-likeness (QED) is 0.725. The predicted octanol–water partition coefficient (Wildman–Crippen LogP) is 4.66. The number of anilines is 1. The predicted molar refractivity (Wildman–Crippen MR) is 95.4 cm³/mol. The van der Waals surface area contributed by atoms with Crippen LogP contribution in [0.25, 0.3) is 5.57 Å². The van der Waals surface area contributed by atoms with E-state index >= 15 is 0 Å². The number of carbonyl (C=O) groups excluding carboxylic acids is 2. The molecule has 2 aromatic rings. The maximum Gasteiger partial charge on any atom is 0.272 e. The summed E-state index contributed by atoms with van der Waals surface area (Å²) in [5.41, 5.74) is 0.772. The molecule has 0 fully saturated rings. The summed E-state index contributed by atoms with van der Waals surface area (Å²) < 4.78 is 26.7.